The minimum absolute atomic E-state index is 0.225. The molecular weight excluding hydrogens is 256 g/mol. The van der Waals surface area contributed by atoms with Crippen LogP contribution in [0.1, 0.15) is 68.1 Å². The van der Waals surface area contributed by atoms with E-state index in [-0.39, 0.29) is 5.60 Å². The van der Waals surface area contributed by atoms with E-state index in [4.69, 9.17) is 9.72 Å². The molecule has 4 heteroatoms. The van der Waals surface area contributed by atoms with Gasteiger partial charge in [-0.15, -0.1) is 11.3 Å². The second kappa shape index (κ2) is 6.33. The molecule has 1 heterocycles. The van der Waals surface area contributed by atoms with E-state index in [0.717, 1.165) is 18.0 Å². The molecule has 3 nitrogen and oxygen atoms in total. The average Bonchev–Trinajstić information content (AvgIpc) is 2.89. The Hall–Kier alpha value is -0.450. The summed E-state index contributed by atoms with van der Waals surface area (Å²) in [5, 5.41) is 4.78. The summed E-state index contributed by atoms with van der Waals surface area (Å²) in [4.78, 5) is 6.39. The fourth-order valence-electron chi connectivity index (χ4n) is 2.54. The summed E-state index contributed by atoms with van der Waals surface area (Å²) in [6.45, 7) is 7.59. The van der Waals surface area contributed by atoms with Crippen molar-refractivity contribution in [3.63, 3.8) is 0 Å². The molecule has 19 heavy (non-hydrogen) atoms. The summed E-state index contributed by atoms with van der Waals surface area (Å²) in [6, 6.07) is 0.451. The Kier molecular flexibility index (Phi) is 4.98. The standard InChI is InChI=1S/C15H26N2OS/c1-5-10-16-11-8-7-9-12-13(11)17-14(19-12)15(3,6-2)18-4/h11,16H,5-10H2,1-4H3. The van der Waals surface area contributed by atoms with Crippen molar-refractivity contribution in [2.75, 3.05) is 13.7 Å². The number of nitrogens with one attached hydrogen (secondary N) is 1. The Morgan fingerprint density at radius 3 is 2.89 bits per heavy atom. The van der Waals surface area contributed by atoms with E-state index in [2.05, 4.69) is 26.1 Å². The fraction of sp³-hybridized carbons (Fsp3) is 0.800. The van der Waals surface area contributed by atoms with Crippen molar-refractivity contribution in [1.29, 1.82) is 0 Å². The van der Waals surface area contributed by atoms with Gasteiger partial charge in [0.15, 0.2) is 0 Å². The maximum atomic E-state index is 5.69. The Balaban J connectivity index is 2.25. The highest BCUT2D eigenvalue weighted by Crippen LogP contribution is 2.39. The number of methoxy groups -OCH3 is 1. The number of nitrogens with zero attached hydrogens (tertiary/aromatic N) is 1. The van der Waals surface area contributed by atoms with Crippen LogP contribution in [0.3, 0.4) is 0 Å². The van der Waals surface area contributed by atoms with E-state index < -0.39 is 0 Å². The van der Waals surface area contributed by atoms with Gasteiger partial charge < -0.3 is 10.1 Å². The number of thiazole rings is 1. The zero-order valence-corrected chi connectivity index (χ0v) is 13.4. The van der Waals surface area contributed by atoms with Crippen molar-refractivity contribution in [3.8, 4) is 0 Å². The number of ether oxygens (including phenoxy) is 1. The second-order valence-corrected chi connectivity index (χ2v) is 6.60. The quantitative estimate of drug-likeness (QED) is 0.862. The van der Waals surface area contributed by atoms with Gasteiger partial charge in [0.05, 0.1) is 11.7 Å². The number of rotatable bonds is 6. The summed E-state index contributed by atoms with van der Waals surface area (Å²) in [5.41, 5.74) is 1.06. The molecule has 0 aliphatic heterocycles. The second-order valence-electron chi connectivity index (χ2n) is 5.51. The molecule has 0 saturated carbocycles. The van der Waals surface area contributed by atoms with Gasteiger partial charge in [0.2, 0.25) is 0 Å². The maximum absolute atomic E-state index is 5.69. The van der Waals surface area contributed by atoms with Crippen LogP contribution in [0.4, 0.5) is 0 Å². The van der Waals surface area contributed by atoms with Gasteiger partial charge in [-0.05, 0) is 45.6 Å². The maximum Gasteiger partial charge on any atom is 0.125 e. The van der Waals surface area contributed by atoms with E-state index in [1.165, 1.54) is 36.3 Å². The number of aryl methyl sites for hydroxylation is 1. The number of fused-ring (bicyclic) bond motifs is 1. The topological polar surface area (TPSA) is 34.1 Å². The van der Waals surface area contributed by atoms with Crippen LogP contribution < -0.4 is 5.32 Å². The molecule has 0 amide bonds. The molecule has 0 radical (unpaired) electrons. The van der Waals surface area contributed by atoms with Crippen molar-refractivity contribution in [2.45, 2.75) is 64.5 Å². The summed E-state index contributed by atoms with van der Waals surface area (Å²) in [5.74, 6) is 0. The molecule has 0 fully saturated rings. The van der Waals surface area contributed by atoms with Crippen LogP contribution in [-0.2, 0) is 16.8 Å². The zero-order chi connectivity index (χ0) is 13.9. The zero-order valence-electron chi connectivity index (χ0n) is 12.6. The molecule has 1 aromatic rings. The van der Waals surface area contributed by atoms with Crippen LogP contribution in [0.25, 0.3) is 0 Å². The van der Waals surface area contributed by atoms with Crippen molar-refractivity contribution < 1.29 is 4.74 Å². The number of aromatic nitrogens is 1. The van der Waals surface area contributed by atoms with E-state index >= 15 is 0 Å². The summed E-state index contributed by atoms with van der Waals surface area (Å²) < 4.78 is 5.69. The molecule has 0 aromatic carbocycles. The van der Waals surface area contributed by atoms with Crippen molar-refractivity contribution >= 4 is 11.3 Å². The smallest absolute Gasteiger partial charge is 0.125 e. The van der Waals surface area contributed by atoms with Gasteiger partial charge >= 0.3 is 0 Å². The molecule has 2 rings (SSSR count). The molecule has 0 bridgehead atoms. The van der Waals surface area contributed by atoms with Gasteiger partial charge in [0.1, 0.15) is 10.6 Å². The first-order chi connectivity index (χ1) is 9.14. The third-order valence-electron chi connectivity index (χ3n) is 4.17. The van der Waals surface area contributed by atoms with E-state index in [9.17, 15) is 0 Å². The van der Waals surface area contributed by atoms with Crippen molar-refractivity contribution in [2.24, 2.45) is 0 Å². The molecule has 1 aliphatic rings. The molecule has 1 aromatic heterocycles. The van der Waals surface area contributed by atoms with Crippen LogP contribution in [0.2, 0.25) is 0 Å². The van der Waals surface area contributed by atoms with E-state index in [0.29, 0.717) is 6.04 Å². The summed E-state index contributed by atoms with van der Waals surface area (Å²) in [7, 11) is 1.79. The minimum atomic E-state index is -0.225. The fourth-order valence-corrected chi connectivity index (χ4v) is 3.90. The Morgan fingerprint density at radius 2 is 2.26 bits per heavy atom. The largest absolute Gasteiger partial charge is 0.371 e. The molecule has 1 aliphatic carbocycles. The predicted octanol–water partition coefficient (Wildman–Crippen LogP) is 3.79. The number of hydrogen-bond acceptors (Lipinski definition) is 4. The van der Waals surface area contributed by atoms with Gasteiger partial charge in [0, 0.05) is 12.0 Å². The number of hydrogen-bond donors (Lipinski definition) is 1. The average molecular weight is 282 g/mol. The van der Waals surface area contributed by atoms with E-state index in [1.54, 1.807) is 7.11 Å². The van der Waals surface area contributed by atoms with Gasteiger partial charge in [-0.1, -0.05) is 13.8 Å². The Bertz CT molecular complexity index is 412. The third kappa shape index (κ3) is 3.01. The normalized spacial score (nSPS) is 22.0. The highest BCUT2D eigenvalue weighted by molar-refractivity contribution is 7.11. The molecule has 0 spiro atoms. The van der Waals surface area contributed by atoms with Crippen molar-refractivity contribution in [1.82, 2.24) is 10.3 Å². The molecule has 2 unspecified atom stereocenters. The lowest BCUT2D eigenvalue weighted by Gasteiger charge is -2.24. The first-order valence-corrected chi connectivity index (χ1v) is 8.24. The van der Waals surface area contributed by atoms with Gasteiger partial charge in [-0.3, -0.25) is 0 Å². The lowest BCUT2D eigenvalue weighted by Crippen LogP contribution is -2.26. The SMILES string of the molecule is CCCNC1CCCc2sc(C(C)(CC)OC)nc21. The monoisotopic (exact) mass is 282 g/mol. The molecule has 2 atom stereocenters. The van der Waals surface area contributed by atoms with Crippen molar-refractivity contribution in [3.05, 3.63) is 15.6 Å². The van der Waals surface area contributed by atoms with E-state index in [1.807, 2.05) is 11.3 Å². The minimum Gasteiger partial charge on any atom is -0.371 e. The van der Waals surface area contributed by atoms with Gasteiger partial charge in [0.25, 0.3) is 0 Å². The van der Waals surface area contributed by atoms with Crippen LogP contribution >= 0.6 is 11.3 Å². The third-order valence-corrected chi connectivity index (χ3v) is 5.55. The van der Waals surface area contributed by atoms with Crippen LogP contribution in [-0.4, -0.2) is 18.6 Å². The summed E-state index contributed by atoms with van der Waals surface area (Å²) >= 11 is 1.85. The molecule has 108 valence electrons. The lowest BCUT2D eigenvalue weighted by atomic mass is 9.97. The molecule has 0 saturated heterocycles. The van der Waals surface area contributed by atoms with Crippen LogP contribution in [0, 0.1) is 0 Å². The highest BCUT2D eigenvalue weighted by Gasteiger charge is 2.32. The highest BCUT2D eigenvalue weighted by atomic mass is 32.1. The first kappa shape index (κ1) is 14.9. The Labute approximate surface area is 120 Å². The Morgan fingerprint density at radius 1 is 1.47 bits per heavy atom. The van der Waals surface area contributed by atoms with Crippen LogP contribution in [0.5, 0.6) is 0 Å². The molecule has 1 N–H and O–H groups in total. The van der Waals surface area contributed by atoms with Gasteiger partial charge in [-0.25, -0.2) is 4.98 Å². The van der Waals surface area contributed by atoms with Gasteiger partial charge in [-0.2, -0.15) is 0 Å². The summed E-state index contributed by atoms with van der Waals surface area (Å²) in [6.07, 6.45) is 5.80. The lowest BCUT2D eigenvalue weighted by molar-refractivity contribution is -0.00172. The molecular formula is C15H26N2OS. The predicted molar refractivity (Wildman–Crippen MR) is 80.7 cm³/mol. The van der Waals surface area contributed by atoms with Crippen LogP contribution in [0.15, 0.2) is 0 Å². The first-order valence-electron chi connectivity index (χ1n) is 7.43.